The molecule has 3 saturated heterocycles. The fourth-order valence-corrected chi connectivity index (χ4v) is 1.68. The van der Waals surface area contributed by atoms with Crippen LogP contribution in [0.2, 0.25) is 0 Å². The monoisotopic (exact) mass is 156 g/mol. The molecule has 1 N–H and O–H groups in total. The van der Waals surface area contributed by atoms with Gasteiger partial charge in [-0.05, 0) is 13.5 Å². The molecule has 3 heterocycles. The molecule has 3 aliphatic rings. The van der Waals surface area contributed by atoms with E-state index in [0.717, 1.165) is 12.1 Å². The largest absolute Gasteiger partial charge is 0.314 e. The predicted molar refractivity (Wildman–Crippen MR) is 48.8 cm³/mol. The zero-order valence-electron chi connectivity index (χ0n) is 7.93. The molecule has 2 unspecified atom stereocenters. The van der Waals surface area contributed by atoms with Crippen molar-refractivity contribution in [1.29, 1.82) is 0 Å². The van der Waals surface area contributed by atoms with E-state index in [-0.39, 0.29) is 0 Å². The van der Waals surface area contributed by atoms with Crippen molar-refractivity contribution in [1.82, 2.24) is 10.2 Å². The van der Waals surface area contributed by atoms with Crippen molar-refractivity contribution in [2.24, 2.45) is 0 Å². The van der Waals surface area contributed by atoms with E-state index in [1.54, 1.807) is 0 Å². The number of rotatable bonds is 0. The highest BCUT2D eigenvalue weighted by Crippen LogP contribution is 2.25. The predicted octanol–water partition coefficient (Wildman–Crippen LogP) is 1.08. The maximum atomic E-state index is 3.37. The van der Waals surface area contributed by atoms with Gasteiger partial charge in [0.2, 0.25) is 0 Å². The average molecular weight is 156 g/mol. The van der Waals surface area contributed by atoms with Gasteiger partial charge in [0.05, 0.1) is 0 Å². The van der Waals surface area contributed by atoms with Gasteiger partial charge in [0.25, 0.3) is 0 Å². The third kappa shape index (κ3) is 1.94. The summed E-state index contributed by atoms with van der Waals surface area (Å²) in [5, 5.41) is 3.37. The minimum Gasteiger partial charge on any atom is -0.314 e. The first-order valence-corrected chi connectivity index (χ1v) is 4.72. The van der Waals surface area contributed by atoms with Crippen molar-refractivity contribution in [2.45, 2.75) is 38.8 Å². The molecule has 2 nitrogen and oxygen atoms in total. The second kappa shape index (κ2) is 4.07. The van der Waals surface area contributed by atoms with E-state index < -0.39 is 0 Å². The number of fused-ring (bicyclic) bond motifs is 2. The Hall–Kier alpha value is -0.0800. The molecule has 0 aliphatic carbocycles. The van der Waals surface area contributed by atoms with Crippen LogP contribution in [0.15, 0.2) is 0 Å². The zero-order valence-corrected chi connectivity index (χ0v) is 7.93. The minimum atomic E-state index is 0.869. The summed E-state index contributed by atoms with van der Waals surface area (Å²) in [7, 11) is 2.22. The highest BCUT2D eigenvalue weighted by atomic mass is 15.3. The molecular formula is C9H20N2. The first kappa shape index (κ1) is 9.01. The molecule has 0 radical (unpaired) electrons. The quantitative estimate of drug-likeness (QED) is 0.564. The smallest absolute Gasteiger partial charge is 0.0236 e. The van der Waals surface area contributed by atoms with E-state index in [0.29, 0.717) is 0 Å². The Labute approximate surface area is 70.0 Å². The van der Waals surface area contributed by atoms with Crippen LogP contribution in [0, 0.1) is 0 Å². The Kier molecular flexibility index (Phi) is 3.34. The van der Waals surface area contributed by atoms with Crippen molar-refractivity contribution in [2.75, 3.05) is 20.1 Å². The molecule has 0 aromatic carbocycles. The van der Waals surface area contributed by atoms with Crippen molar-refractivity contribution >= 4 is 0 Å². The third-order valence-corrected chi connectivity index (χ3v) is 2.46. The van der Waals surface area contributed by atoms with E-state index in [4.69, 9.17) is 0 Å². The Morgan fingerprint density at radius 1 is 1.27 bits per heavy atom. The molecule has 3 rings (SSSR count). The molecule has 2 atom stereocenters. The van der Waals surface area contributed by atoms with Gasteiger partial charge in [-0.15, -0.1) is 0 Å². The van der Waals surface area contributed by atoms with Gasteiger partial charge in [-0.25, -0.2) is 0 Å². The van der Waals surface area contributed by atoms with Crippen LogP contribution in [-0.2, 0) is 0 Å². The van der Waals surface area contributed by atoms with Crippen molar-refractivity contribution in [3.8, 4) is 0 Å². The summed E-state index contributed by atoms with van der Waals surface area (Å²) in [6.07, 6.45) is 2.68. The molecule has 3 fully saturated rings. The highest BCUT2D eigenvalue weighted by molar-refractivity contribution is 4.97. The number of likely N-dealkylation sites (N-methyl/N-ethyl adjacent to an activating group) is 1. The first-order valence-electron chi connectivity index (χ1n) is 4.72. The summed E-state index contributed by atoms with van der Waals surface area (Å²) in [6.45, 7) is 6.68. The Morgan fingerprint density at radius 2 is 1.73 bits per heavy atom. The molecule has 3 aliphatic heterocycles. The zero-order chi connectivity index (χ0) is 8.27. The Balaban J connectivity index is 0.000000179. The van der Waals surface area contributed by atoms with Gasteiger partial charge in [0, 0.05) is 25.2 Å². The first-order chi connectivity index (χ1) is 5.29. The Morgan fingerprint density at radius 3 is 1.91 bits per heavy atom. The third-order valence-electron chi connectivity index (χ3n) is 2.46. The number of hydrogen-bond acceptors (Lipinski definition) is 2. The standard InChI is InChI=1S/C6H12N2.C3H8/c1-8-5-2-6(8)4-7-3-5;1-3-2/h5-7H,2-4H2,1H3;3H2,1-2H3. The lowest BCUT2D eigenvalue weighted by atomic mass is 9.90. The molecular weight excluding hydrogens is 136 g/mol. The SMILES string of the molecule is CCC.CN1C2CNCC1C2. The number of nitrogens with zero attached hydrogens (tertiary/aromatic N) is 1. The lowest BCUT2D eigenvalue weighted by Gasteiger charge is -2.51. The highest BCUT2D eigenvalue weighted by Gasteiger charge is 2.37. The van der Waals surface area contributed by atoms with Crippen LogP contribution >= 0.6 is 0 Å². The number of piperazine rings is 1. The molecule has 0 spiro atoms. The van der Waals surface area contributed by atoms with E-state index in [2.05, 4.69) is 31.1 Å². The van der Waals surface area contributed by atoms with E-state index in [9.17, 15) is 0 Å². The van der Waals surface area contributed by atoms with E-state index >= 15 is 0 Å². The van der Waals surface area contributed by atoms with Gasteiger partial charge in [0.15, 0.2) is 0 Å². The van der Waals surface area contributed by atoms with Gasteiger partial charge in [-0.3, -0.25) is 4.90 Å². The molecule has 0 aromatic heterocycles. The number of hydrogen-bond donors (Lipinski definition) is 1. The second-order valence-corrected chi connectivity index (χ2v) is 3.57. The molecule has 0 amide bonds. The minimum absolute atomic E-state index is 0.869. The molecule has 11 heavy (non-hydrogen) atoms. The summed E-state index contributed by atoms with van der Waals surface area (Å²) >= 11 is 0. The van der Waals surface area contributed by atoms with Gasteiger partial charge in [-0.1, -0.05) is 20.3 Å². The summed E-state index contributed by atoms with van der Waals surface area (Å²) in [5.41, 5.74) is 0. The maximum Gasteiger partial charge on any atom is 0.0236 e. The summed E-state index contributed by atoms with van der Waals surface area (Å²) in [4.78, 5) is 2.47. The van der Waals surface area contributed by atoms with Crippen LogP contribution in [0.5, 0.6) is 0 Å². The van der Waals surface area contributed by atoms with Crippen molar-refractivity contribution < 1.29 is 0 Å². The van der Waals surface area contributed by atoms with Crippen LogP contribution in [0.3, 0.4) is 0 Å². The van der Waals surface area contributed by atoms with E-state index in [1.807, 2.05) is 0 Å². The van der Waals surface area contributed by atoms with Gasteiger partial charge in [-0.2, -0.15) is 0 Å². The maximum absolute atomic E-state index is 3.37. The molecule has 2 bridgehead atoms. The van der Waals surface area contributed by atoms with Gasteiger partial charge >= 0.3 is 0 Å². The molecule has 0 saturated carbocycles. The molecule has 2 heteroatoms. The van der Waals surface area contributed by atoms with Crippen LogP contribution in [0.4, 0.5) is 0 Å². The van der Waals surface area contributed by atoms with Crippen LogP contribution < -0.4 is 5.32 Å². The van der Waals surface area contributed by atoms with Crippen molar-refractivity contribution in [3.05, 3.63) is 0 Å². The van der Waals surface area contributed by atoms with Crippen LogP contribution in [0.1, 0.15) is 26.7 Å². The summed E-state index contributed by atoms with van der Waals surface area (Å²) in [6, 6.07) is 1.74. The molecule has 66 valence electrons. The lowest BCUT2D eigenvalue weighted by molar-refractivity contribution is 0.0125. The fourth-order valence-electron chi connectivity index (χ4n) is 1.68. The molecule has 0 aromatic rings. The lowest BCUT2D eigenvalue weighted by Crippen LogP contribution is -2.66. The Bertz CT molecular complexity index is 100. The number of nitrogens with one attached hydrogen (secondary N) is 1. The summed E-state index contributed by atoms with van der Waals surface area (Å²) in [5.74, 6) is 0. The normalized spacial score (nSPS) is 35.2. The average Bonchev–Trinajstić information content (AvgIpc) is 2.06. The topological polar surface area (TPSA) is 15.3 Å². The van der Waals surface area contributed by atoms with Crippen molar-refractivity contribution in [3.63, 3.8) is 0 Å². The van der Waals surface area contributed by atoms with Crippen LogP contribution in [-0.4, -0.2) is 37.1 Å². The van der Waals surface area contributed by atoms with Gasteiger partial charge < -0.3 is 5.32 Å². The second-order valence-electron chi connectivity index (χ2n) is 3.57. The summed E-state index contributed by atoms with van der Waals surface area (Å²) < 4.78 is 0. The van der Waals surface area contributed by atoms with Crippen LogP contribution in [0.25, 0.3) is 0 Å². The fraction of sp³-hybridized carbons (Fsp3) is 1.00. The van der Waals surface area contributed by atoms with Gasteiger partial charge in [0.1, 0.15) is 0 Å². The number of piperidine rings is 1. The van der Waals surface area contributed by atoms with E-state index in [1.165, 1.54) is 25.9 Å².